The molecule has 0 bridgehead atoms. The Labute approximate surface area is 116 Å². The number of nitrogens with one attached hydrogen (secondary N) is 1. The maximum Gasteiger partial charge on any atom is 0.446 e. The smallest absolute Gasteiger partial charge is 0.340 e. The van der Waals surface area contributed by atoms with E-state index in [-0.39, 0.29) is 10.6 Å². The third-order valence-electron chi connectivity index (χ3n) is 2.82. The number of anilines is 1. The second-order valence-corrected chi connectivity index (χ2v) is 4.16. The molecule has 5 nitrogen and oxygen atoms in total. The highest BCUT2D eigenvalue weighted by Gasteiger charge is 2.69. The predicted octanol–water partition coefficient (Wildman–Crippen LogP) is 2.18. The second-order valence-electron chi connectivity index (χ2n) is 4.16. The van der Waals surface area contributed by atoms with Crippen LogP contribution in [0.25, 0.3) is 0 Å². The number of carbonyl (C=O) groups is 2. The summed E-state index contributed by atoms with van der Waals surface area (Å²) >= 11 is 0. The van der Waals surface area contributed by atoms with Gasteiger partial charge in [0.15, 0.2) is 0 Å². The summed E-state index contributed by atoms with van der Waals surface area (Å²) in [5.41, 5.74) is -3.77. The van der Waals surface area contributed by atoms with Crippen molar-refractivity contribution >= 4 is 17.6 Å². The number of hydrogen-bond acceptors (Lipinski definition) is 3. The first kappa shape index (κ1) is 15.2. The SMILES string of the molecule is CCO[C@@]1(C(F)(F)F)NC(=O)N(c2cccc(F)c2)C1=O. The van der Waals surface area contributed by atoms with Gasteiger partial charge in [0, 0.05) is 6.61 Å². The fourth-order valence-corrected chi connectivity index (χ4v) is 1.95. The molecule has 0 spiro atoms. The van der Waals surface area contributed by atoms with E-state index in [9.17, 15) is 27.2 Å². The first-order valence-electron chi connectivity index (χ1n) is 5.86. The molecule has 1 atom stereocenters. The third-order valence-corrected chi connectivity index (χ3v) is 2.82. The van der Waals surface area contributed by atoms with Crippen LogP contribution in [0.2, 0.25) is 0 Å². The summed E-state index contributed by atoms with van der Waals surface area (Å²) in [4.78, 5) is 24.0. The van der Waals surface area contributed by atoms with E-state index in [2.05, 4.69) is 4.74 Å². The molecule has 1 aliphatic heterocycles. The van der Waals surface area contributed by atoms with Crippen molar-refractivity contribution in [3.05, 3.63) is 30.1 Å². The number of urea groups is 1. The highest BCUT2D eigenvalue weighted by atomic mass is 19.4. The molecular formula is C12H10F4N2O3. The van der Waals surface area contributed by atoms with E-state index in [4.69, 9.17) is 0 Å². The number of benzene rings is 1. The summed E-state index contributed by atoms with van der Waals surface area (Å²) in [5.74, 6) is -2.46. The summed E-state index contributed by atoms with van der Waals surface area (Å²) in [6, 6.07) is 2.77. The fraction of sp³-hybridized carbons (Fsp3) is 0.333. The van der Waals surface area contributed by atoms with Gasteiger partial charge >= 0.3 is 17.9 Å². The van der Waals surface area contributed by atoms with Gasteiger partial charge in [0.25, 0.3) is 5.91 Å². The molecule has 0 saturated carbocycles. The summed E-state index contributed by atoms with van der Waals surface area (Å²) in [6.07, 6.45) is -5.15. The average Bonchev–Trinajstić information content (AvgIpc) is 2.62. The lowest BCUT2D eigenvalue weighted by Gasteiger charge is -2.28. The molecular weight excluding hydrogens is 296 g/mol. The van der Waals surface area contributed by atoms with Gasteiger partial charge in [-0.15, -0.1) is 0 Å². The number of imide groups is 1. The maximum absolute atomic E-state index is 13.1. The largest absolute Gasteiger partial charge is 0.446 e. The van der Waals surface area contributed by atoms with Crippen LogP contribution in [0.15, 0.2) is 24.3 Å². The van der Waals surface area contributed by atoms with Crippen molar-refractivity contribution in [1.29, 1.82) is 0 Å². The topological polar surface area (TPSA) is 58.6 Å². The maximum atomic E-state index is 13.1. The molecule has 3 amide bonds. The standard InChI is InChI=1S/C12H10F4N2O3/c1-2-21-11(12(14,15)16)9(19)18(10(20)17-11)8-5-3-4-7(13)6-8/h3-6H,2H2,1H3,(H,17,20)/t11-/m0/s1. The lowest BCUT2D eigenvalue weighted by molar-refractivity contribution is -0.267. The van der Waals surface area contributed by atoms with E-state index in [0.29, 0.717) is 0 Å². The van der Waals surface area contributed by atoms with E-state index in [0.717, 1.165) is 18.2 Å². The minimum Gasteiger partial charge on any atom is -0.340 e. The van der Waals surface area contributed by atoms with E-state index < -0.39 is 36.3 Å². The van der Waals surface area contributed by atoms with Crippen molar-refractivity contribution in [3.8, 4) is 0 Å². The Morgan fingerprint density at radius 3 is 2.52 bits per heavy atom. The Kier molecular flexibility index (Phi) is 3.62. The summed E-state index contributed by atoms with van der Waals surface area (Å²) in [5, 5.41) is 1.49. The fourth-order valence-electron chi connectivity index (χ4n) is 1.95. The Morgan fingerprint density at radius 2 is 2.00 bits per heavy atom. The third kappa shape index (κ3) is 2.33. The van der Waals surface area contributed by atoms with Crippen molar-refractivity contribution in [2.24, 2.45) is 0 Å². The van der Waals surface area contributed by atoms with Gasteiger partial charge in [0.05, 0.1) is 5.69 Å². The van der Waals surface area contributed by atoms with Gasteiger partial charge in [-0.1, -0.05) is 6.07 Å². The van der Waals surface area contributed by atoms with Crippen LogP contribution in [0.5, 0.6) is 0 Å². The summed E-state index contributed by atoms with van der Waals surface area (Å²) in [7, 11) is 0. The van der Waals surface area contributed by atoms with Gasteiger partial charge in [-0.3, -0.25) is 10.1 Å². The second kappa shape index (κ2) is 4.99. The molecule has 21 heavy (non-hydrogen) atoms. The van der Waals surface area contributed by atoms with E-state index in [1.807, 2.05) is 0 Å². The molecule has 1 N–H and O–H groups in total. The molecule has 0 radical (unpaired) electrons. The number of amides is 3. The number of rotatable bonds is 3. The van der Waals surface area contributed by atoms with Crippen molar-refractivity contribution in [3.63, 3.8) is 0 Å². The monoisotopic (exact) mass is 306 g/mol. The van der Waals surface area contributed by atoms with Gasteiger partial charge in [-0.2, -0.15) is 13.2 Å². The quantitative estimate of drug-likeness (QED) is 0.688. The molecule has 114 valence electrons. The number of halogens is 4. The van der Waals surface area contributed by atoms with Crippen LogP contribution in [0.1, 0.15) is 6.92 Å². The van der Waals surface area contributed by atoms with Gasteiger partial charge in [0.2, 0.25) is 0 Å². The Morgan fingerprint density at radius 1 is 1.33 bits per heavy atom. The Balaban J connectivity index is 2.48. The molecule has 1 fully saturated rings. The van der Waals surface area contributed by atoms with Gasteiger partial charge < -0.3 is 4.74 Å². The van der Waals surface area contributed by atoms with E-state index >= 15 is 0 Å². The van der Waals surface area contributed by atoms with Crippen LogP contribution < -0.4 is 10.2 Å². The molecule has 0 unspecified atom stereocenters. The first-order valence-corrected chi connectivity index (χ1v) is 5.86. The number of ether oxygens (including phenoxy) is 1. The minimum absolute atomic E-state index is 0.201. The van der Waals surface area contributed by atoms with Crippen molar-refractivity contribution in [2.45, 2.75) is 18.8 Å². The van der Waals surface area contributed by atoms with Crippen LogP contribution in [-0.2, 0) is 9.53 Å². The predicted molar refractivity (Wildman–Crippen MR) is 62.8 cm³/mol. The van der Waals surface area contributed by atoms with Crippen LogP contribution >= 0.6 is 0 Å². The van der Waals surface area contributed by atoms with Gasteiger partial charge in [-0.05, 0) is 25.1 Å². The molecule has 1 saturated heterocycles. The summed E-state index contributed by atoms with van der Waals surface area (Å²) < 4.78 is 57.0. The molecule has 9 heteroatoms. The molecule has 0 aliphatic carbocycles. The van der Waals surface area contributed by atoms with Gasteiger partial charge in [-0.25, -0.2) is 14.1 Å². The number of carbonyl (C=O) groups excluding carboxylic acids is 2. The zero-order valence-electron chi connectivity index (χ0n) is 10.7. The van der Waals surface area contributed by atoms with Crippen LogP contribution in [0, 0.1) is 5.82 Å². The highest BCUT2D eigenvalue weighted by molar-refractivity contribution is 6.23. The Hall–Kier alpha value is -2.16. The molecule has 1 aromatic rings. The average molecular weight is 306 g/mol. The zero-order valence-corrected chi connectivity index (χ0v) is 10.7. The number of hydrogen-bond donors (Lipinski definition) is 1. The highest BCUT2D eigenvalue weighted by Crippen LogP contribution is 2.38. The molecule has 2 rings (SSSR count). The number of alkyl halides is 3. The normalized spacial score (nSPS) is 22.6. The lowest BCUT2D eigenvalue weighted by Crippen LogP contribution is -2.60. The van der Waals surface area contributed by atoms with Crippen LogP contribution in [0.3, 0.4) is 0 Å². The van der Waals surface area contributed by atoms with Crippen LogP contribution in [-0.4, -0.2) is 30.4 Å². The lowest BCUT2D eigenvalue weighted by atomic mass is 10.2. The van der Waals surface area contributed by atoms with Crippen molar-refractivity contribution < 1.29 is 31.9 Å². The van der Waals surface area contributed by atoms with E-state index in [1.165, 1.54) is 18.3 Å². The molecule has 1 heterocycles. The first-order chi connectivity index (χ1) is 9.73. The minimum atomic E-state index is -5.15. The number of nitrogens with zero attached hydrogens (tertiary/aromatic N) is 1. The van der Waals surface area contributed by atoms with E-state index in [1.54, 1.807) is 0 Å². The van der Waals surface area contributed by atoms with Crippen LogP contribution in [0.4, 0.5) is 28.0 Å². The molecule has 0 aromatic heterocycles. The van der Waals surface area contributed by atoms with Crippen molar-refractivity contribution in [1.82, 2.24) is 5.32 Å². The zero-order chi connectivity index (χ0) is 15.8. The molecule has 1 aliphatic rings. The molecule has 1 aromatic carbocycles. The van der Waals surface area contributed by atoms with Gasteiger partial charge in [0.1, 0.15) is 5.82 Å². The summed E-state index contributed by atoms with van der Waals surface area (Å²) in [6.45, 7) is 0.792. The Bertz CT molecular complexity index is 590. The van der Waals surface area contributed by atoms with Crippen molar-refractivity contribution in [2.75, 3.05) is 11.5 Å².